The van der Waals surface area contributed by atoms with E-state index in [1.165, 1.54) is 26.5 Å². The van der Waals surface area contributed by atoms with Crippen molar-refractivity contribution < 1.29 is 28.2 Å². The van der Waals surface area contributed by atoms with Crippen LogP contribution in [0.4, 0.5) is 4.39 Å². The Labute approximate surface area is 215 Å². The van der Waals surface area contributed by atoms with E-state index in [4.69, 9.17) is 14.2 Å². The second kappa shape index (κ2) is 10.3. The summed E-state index contributed by atoms with van der Waals surface area (Å²) in [4.78, 5) is 32.7. The van der Waals surface area contributed by atoms with Gasteiger partial charge in [-0.1, -0.05) is 19.1 Å². The summed E-state index contributed by atoms with van der Waals surface area (Å²) in [5.74, 6) is 0.525. The van der Waals surface area contributed by atoms with Crippen molar-refractivity contribution in [2.24, 2.45) is 11.8 Å². The lowest BCUT2D eigenvalue weighted by Gasteiger charge is -2.28. The van der Waals surface area contributed by atoms with Crippen molar-refractivity contribution in [3.05, 3.63) is 70.9 Å². The Hall–Kier alpha value is -3.81. The summed E-state index contributed by atoms with van der Waals surface area (Å²) in [6.07, 6.45) is 6.57. The number of methoxy groups -OCH3 is 2. The first-order valence-corrected chi connectivity index (χ1v) is 12.5. The van der Waals surface area contributed by atoms with Gasteiger partial charge in [0.15, 0.2) is 6.29 Å². The molecular formula is C29H29FN2O5. The zero-order chi connectivity index (χ0) is 26.1. The molecule has 8 heteroatoms. The van der Waals surface area contributed by atoms with Crippen molar-refractivity contribution >= 4 is 12.3 Å². The lowest BCUT2D eigenvalue weighted by molar-refractivity contribution is -0.145. The number of benzene rings is 1. The van der Waals surface area contributed by atoms with Gasteiger partial charge in [-0.15, -0.1) is 0 Å². The van der Waals surface area contributed by atoms with Gasteiger partial charge in [0.05, 0.1) is 32.0 Å². The number of aromatic nitrogens is 2. The molecule has 0 radical (unpaired) electrons. The average molecular weight is 505 g/mol. The molecule has 3 atom stereocenters. The number of hydrogen-bond acceptors (Lipinski definition) is 7. The maximum Gasteiger partial charge on any atom is 0.309 e. The second-order valence-corrected chi connectivity index (χ2v) is 9.71. The molecule has 1 saturated carbocycles. The van der Waals surface area contributed by atoms with Crippen LogP contribution in [0, 0.1) is 17.7 Å². The van der Waals surface area contributed by atoms with E-state index in [9.17, 15) is 14.0 Å². The van der Waals surface area contributed by atoms with Crippen molar-refractivity contribution in [1.29, 1.82) is 0 Å². The molecule has 0 bridgehead atoms. The van der Waals surface area contributed by atoms with Crippen LogP contribution in [0.2, 0.25) is 0 Å². The van der Waals surface area contributed by atoms with E-state index in [-0.39, 0.29) is 35.4 Å². The number of aryl methyl sites for hydroxylation is 1. The monoisotopic (exact) mass is 504 g/mol. The molecule has 1 unspecified atom stereocenters. The SMILES string of the molecule is COC(=O)[C@@H](C)[C@H](c1ccc2c(c1)OC(c1cc(C=O)c(-c3cc(OC)ncc3F)cn1)CC2)C1CC1. The highest BCUT2D eigenvalue weighted by atomic mass is 19.1. The fraction of sp³-hybridized carbons (Fsp3) is 0.379. The van der Waals surface area contributed by atoms with Gasteiger partial charge >= 0.3 is 5.97 Å². The molecule has 0 saturated heterocycles. The van der Waals surface area contributed by atoms with E-state index in [1.54, 1.807) is 6.07 Å². The van der Waals surface area contributed by atoms with Crippen LogP contribution in [0.15, 0.2) is 42.7 Å². The number of rotatable bonds is 8. The molecular weight excluding hydrogens is 475 g/mol. The van der Waals surface area contributed by atoms with Gasteiger partial charge < -0.3 is 14.2 Å². The van der Waals surface area contributed by atoms with E-state index in [1.807, 2.05) is 13.0 Å². The van der Waals surface area contributed by atoms with Crippen molar-refractivity contribution in [1.82, 2.24) is 9.97 Å². The third-order valence-electron chi connectivity index (χ3n) is 7.41. The van der Waals surface area contributed by atoms with Crippen molar-refractivity contribution in [2.45, 2.75) is 44.6 Å². The van der Waals surface area contributed by atoms with Gasteiger partial charge in [0.25, 0.3) is 0 Å². The van der Waals surface area contributed by atoms with Crippen LogP contribution in [0.3, 0.4) is 0 Å². The summed E-state index contributed by atoms with van der Waals surface area (Å²) < 4.78 is 31.0. The van der Waals surface area contributed by atoms with Gasteiger partial charge in [-0.25, -0.2) is 9.37 Å². The van der Waals surface area contributed by atoms with E-state index >= 15 is 0 Å². The van der Waals surface area contributed by atoms with Gasteiger partial charge in [0, 0.05) is 29.0 Å². The van der Waals surface area contributed by atoms with E-state index in [2.05, 4.69) is 22.1 Å². The third kappa shape index (κ3) is 4.92. The minimum absolute atomic E-state index is 0.0769. The summed E-state index contributed by atoms with van der Waals surface area (Å²) >= 11 is 0. The molecule has 7 nitrogen and oxygen atoms in total. The Morgan fingerprint density at radius 2 is 1.92 bits per heavy atom. The molecule has 2 aromatic heterocycles. The number of carbonyl (C=O) groups is 2. The largest absolute Gasteiger partial charge is 0.484 e. The zero-order valence-electron chi connectivity index (χ0n) is 21.1. The molecule has 3 heterocycles. The Kier molecular flexibility index (Phi) is 6.91. The number of carbonyl (C=O) groups excluding carboxylic acids is 2. The molecule has 1 fully saturated rings. The Bertz CT molecular complexity index is 1340. The van der Waals surface area contributed by atoms with Gasteiger partial charge in [-0.3, -0.25) is 14.6 Å². The number of nitrogens with zero attached hydrogens (tertiary/aromatic N) is 2. The van der Waals surface area contributed by atoms with Crippen LogP contribution >= 0.6 is 0 Å². The highest BCUT2D eigenvalue weighted by molar-refractivity contribution is 5.87. The topological polar surface area (TPSA) is 87.6 Å². The summed E-state index contributed by atoms with van der Waals surface area (Å²) in [6.45, 7) is 1.92. The third-order valence-corrected chi connectivity index (χ3v) is 7.41. The van der Waals surface area contributed by atoms with E-state index in [0.717, 1.165) is 42.3 Å². The van der Waals surface area contributed by atoms with Crippen molar-refractivity contribution in [3.63, 3.8) is 0 Å². The highest BCUT2D eigenvalue weighted by Crippen LogP contribution is 2.48. The van der Waals surface area contributed by atoms with Crippen LogP contribution in [-0.2, 0) is 16.0 Å². The predicted molar refractivity (Wildman–Crippen MR) is 134 cm³/mol. The number of pyridine rings is 2. The minimum atomic E-state index is -0.569. The quantitative estimate of drug-likeness (QED) is 0.297. The average Bonchev–Trinajstić information content (AvgIpc) is 3.77. The fourth-order valence-electron chi connectivity index (χ4n) is 5.28. The summed E-state index contributed by atoms with van der Waals surface area (Å²) in [7, 11) is 2.87. The smallest absolute Gasteiger partial charge is 0.309 e. The molecule has 0 amide bonds. The van der Waals surface area contributed by atoms with Crippen molar-refractivity contribution in [2.75, 3.05) is 14.2 Å². The van der Waals surface area contributed by atoms with Crippen LogP contribution in [0.5, 0.6) is 11.6 Å². The molecule has 3 aromatic rings. The van der Waals surface area contributed by atoms with Crippen LogP contribution in [0.25, 0.3) is 11.1 Å². The summed E-state index contributed by atoms with van der Waals surface area (Å²) in [5, 5.41) is 0. The van der Waals surface area contributed by atoms with Gasteiger partial charge in [-0.2, -0.15) is 0 Å². The zero-order valence-corrected chi connectivity index (χ0v) is 21.1. The van der Waals surface area contributed by atoms with E-state index < -0.39 is 5.82 Å². The van der Waals surface area contributed by atoms with Gasteiger partial charge in [0.2, 0.25) is 5.88 Å². The number of halogens is 1. The van der Waals surface area contributed by atoms with Gasteiger partial charge in [0.1, 0.15) is 17.7 Å². The molecule has 0 N–H and O–H groups in total. The second-order valence-electron chi connectivity index (χ2n) is 9.71. The first-order chi connectivity index (χ1) is 17.9. The normalized spacial score (nSPS) is 18.2. The molecule has 1 aromatic carbocycles. The lowest BCUT2D eigenvalue weighted by atomic mass is 9.82. The Morgan fingerprint density at radius 1 is 1.11 bits per heavy atom. The number of aldehydes is 1. The molecule has 2 aliphatic rings. The lowest BCUT2D eigenvalue weighted by Crippen LogP contribution is -2.23. The molecule has 1 aliphatic carbocycles. The number of ether oxygens (including phenoxy) is 3. The van der Waals surface area contributed by atoms with Crippen molar-refractivity contribution in [3.8, 4) is 22.8 Å². The van der Waals surface area contributed by atoms with Crippen LogP contribution < -0.4 is 9.47 Å². The summed E-state index contributed by atoms with van der Waals surface area (Å²) in [5.41, 5.74) is 3.63. The number of hydrogen-bond donors (Lipinski definition) is 0. The number of fused-ring (bicyclic) bond motifs is 1. The van der Waals surface area contributed by atoms with Crippen LogP contribution in [0.1, 0.15) is 65.4 Å². The Morgan fingerprint density at radius 3 is 2.62 bits per heavy atom. The predicted octanol–water partition coefficient (Wildman–Crippen LogP) is 5.47. The maximum atomic E-state index is 14.5. The molecule has 5 rings (SSSR count). The maximum absolute atomic E-state index is 14.5. The summed E-state index contributed by atoms with van der Waals surface area (Å²) in [6, 6.07) is 9.31. The molecule has 0 spiro atoms. The first-order valence-electron chi connectivity index (χ1n) is 12.5. The Balaban J connectivity index is 1.43. The number of esters is 1. The molecule has 192 valence electrons. The first kappa shape index (κ1) is 24.9. The fourth-order valence-corrected chi connectivity index (χ4v) is 5.28. The minimum Gasteiger partial charge on any atom is -0.484 e. The highest BCUT2D eigenvalue weighted by Gasteiger charge is 2.39. The standard InChI is InChI=1S/C29H29FN2O5/c1-16(29(34)36-3)28(18-5-6-18)19-7-4-17-8-9-25(37-26(17)11-19)24-10-20(15-33)22(13-31-24)21-12-27(35-2)32-14-23(21)30/h4,7,10-16,18,25,28H,5-6,8-9H2,1-3H3/t16-,25?,28-/m0/s1. The van der Waals surface area contributed by atoms with Gasteiger partial charge in [-0.05, 0) is 60.8 Å². The van der Waals surface area contributed by atoms with E-state index in [0.29, 0.717) is 35.4 Å². The molecule has 1 aliphatic heterocycles. The molecule has 37 heavy (non-hydrogen) atoms. The van der Waals surface area contributed by atoms with Crippen LogP contribution in [-0.4, -0.2) is 36.4 Å².